The van der Waals surface area contributed by atoms with Gasteiger partial charge in [-0.05, 0) is 36.4 Å². The first kappa shape index (κ1) is 19.0. The fourth-order valence-corrected chi connectivity index (χ4v) is 3.84. The van der Waals surface area contributed by atoms with Gasteiger partial charge in [0.25, 0.3) is 5.91 Å². The van der Waals surface area contributed by atoms with Crippen molar-refractivity contribution < 1.29 is 23.7 Å². The van der Waals surface area contributed by atoms with Gasteiger partial charge in [0.15, 0.2) is 17.7 Å². The summed E-state index contributed by atoms with van der Waals surface area (Å²) in [4.78, 5) is 19.5. The van der Waals surface area contributed by atoms with Crippen molar-refractivity contribution in [2.75, 3.05) is 37.7 Å². The zero-order valence-electron chi connectivity index (χ0n) is 17.1. The van der Waals surface area contributed by atoms with E-state index in [0.717, 1.165) is 5.69 Å². The van der Waals surface area contributed by atoms with Crippen molar-refractivity contribution in [3.05, 3.63) is 66.0 Å². The molecule has 3 heterocycles. The number of nitrogens with zero attached hydrogens (tertiary/aromatic N) is 2. The number of amides is 1. The quantitative estimate of drug-likeness (QED) is 0.676. The molecule has 5 rings (SSSR count). The fourth-order valence-electron chi connectivity index (χ4n) is 3.84. The van der Waals surface area contributed by atoms with E-state index in [1.54, 1.807) is 55.6 Å². The van der Waals surface area contributed by atoms with Crippen LogP contribution in [0.5, 0.6) is 23.0 Å². The first-order chi connectivity index (χ1) is 15.2. The second-order valence-corrected chi connectivity index (χ2v) is 7.05. The Morgan fingerprint density at radius 1 is 1.03 bits per heavy atom. The molecule has 0 radical (unpaired) electrons. The Hall–Kier alpha value is -3.94. The largest absolute Gasteiger partial charge is 0.497 e. The molecular weight excluding hydrogens is 398 g/mol. The number of methoxy groups -OCH3 is 2. The molecule has 0 fully saturated rings. The minimum Gasteiger partial charge on any atom is -0.497 e. The summed E-state index contributed by atoms with van der Waals surface area (Å²) in [5.41, 5.74) is 2.52. The number of nitrogens with one attached hydrogen (secondary N) is 1. The first-order valence-electron chi connectivity index (χ1n) is 9.86. The highest BCUT2D eigenvalue weighted by Gasteiger charge is 2.40. The molecule has 0 bridgehead atoms. The molecule has 3 aromatic rings. The average molecular weight is 419 g/mol. The van der Waals surface area contributed by atoms with Gasteiger partial charge in [-0.3, -0.25) is 14.7 Å². The van der Waals surface area contributed by atoms with Crippen LogP contribution in [0.4, 0.5) is 11.4 Å². The van der Waals surface area contributed by atoms with E-state index >= 15 is 0 Å². The molecule has 1 atom stereocenters. The Balaban J connectivity index is 1.59. The van der Waals surface area contributed by atoms with Crippen molar-refractivity contribution in [3.63, 3.8) is 0 Å². The molecule has 8 nitrogen and oxygen atoms in total. The van der Waals surface area contributed by atoms with Crippen LogP contribution in [0.25, 0.3) is 0 Å². The van der Waals surface area contributed by atoms with Crippen LogP contribution in [0.1, 0.15) is 22.2 Å². The number of hydrogen-bond acceptors (Lipinski definition) is 7. The topological polar surface area (TPSA) is 82.2 Å². The van der Waals surface area contributed by atoms with E-state index in [2.05, 4.69) is 10.3 Å². The van der Waals surface area contributed by atoms with E-state index < -0.39 is 6.17 Å². The summed E-state index contributed by atoms with van der Waals surface area (Å²) in [6.07, 6.45) is 1.13. The Bertz CT molecular complexity index is 1150. The summed E-state index contributed by atoms with van der Waals surface area (Å²) in [6, 6.07) is 14.5. The Morgan fingerprint density at radius 3 is 2.68 bits per heavy atom. The Labute approximate surface area is 179 Å². The maximum atomic E-state index is 13.4. The molecule has 1 aromatic heterocycles. The highest BCUT2D eigenvalue weighted by molar-refractivity contribution is 6.11. The van der Waals surface area contributed by atoms with E-state index in [9.17, 15) is 4.79 Å². The predicted octanol–water partition coefficient (Wildman–Crippen LogP) is 3.64. The van der Waals surface area contributed by atoms with Gasteiger partial charge in [-0.1, -0.05) is 0 Å². The monoisotopic (exact) mass is 419 g/mol. The molecule has 0 unspecified atom stereocenters. The molecule has 2 aliphatic rings. The van der Waals surface area contributed by atoms with Gasteiger partial charge in [-0.15, -0.1) is 0 Å². The van der Waals surface area contributed by atoms with E-state index in [0.29, 0.717) is 53.2 Å². The molecule has 2 aromatic carbocycles. The standard InChI is InChI=1S/C23H21N3O5/c1-28-15-6-8-18(29-2)17(13-15)26-22(21-16(23(26)27)4-3-9-24-21)25-14-5-7-19-20(12-14)31-11-10-30-19/h3-9,12-13,22,25H,10-11H2,1-2H3/t22-/m0/s1. The summed E-state index contributed by atoms with van der Waals surface area (Å²) in [6.45, 7) is 1.02. The van der Waals surface area contributed by atoms with Crippen LogP contribution < -0.4 is 29.2 Å². The zero-order chi connectivity index (χ0) is 21.4. The maximum absolute atomic E-state index is 13.4. The molecule has 0 spiro atoms. The third kappa shape index (κ3) is 3.26. The van der Waals surface area contributed by atoms with Crippen LogP contribution >= 0.6 is 0 Å². The number of carbonyl (C=O) groups is 1. The van der Waals surface area contributed by atoms with Crippen molar-refractivity contribution in [1.82, 2.24) is 4.98 Å². The van der Waals surface area contributed by atoms with Crippen molar-refractivity contribution in [2.24, 2.45) is 0 Å². The first-order valence-corrected chi connectivity index (χ1v) is 9.86. The van der Waals surface area contributed by atoms with Crippen LogP contribution in [0, 0.1) is 0 Å². The number of aromatic nitrogens is 1. The van der Waals surface area contributed by atoms with Gasteiger partial charge in [-0.25, -0.2) is 0 Å². The van der Waals surface area contributed by atoms with Crippen molar-refractivity contribution in [1.29, 1.82) is 0 Å². The third-order valence-electron chi connectivity index (χ3n) is 5.30. The smallest absolute Gasteiger partial charge is 0.262 e. The highest BCUT2D eigenvalue weighted by atomic mass is 16.6. The lowest BCUT2D eigenvalue weighted by Crippen LogP contribution is -2.32. The molecule has 31 heavy (non-hydrogen) atoms. The van der Waals surface area contributed by atoms with Gasteiger partial charge < -0.3 is 24.3 Å². The van der Waals surface area contributed by atoms with Gasteiger partial charge >= 0.3 is 0 Å². The maximum Gasteiger partial charge on any atom is 0.262 e. The van der Waals surface area contributed by atoms with Crippen LogP contribution in [-0.2, 0) is 0 Å². The summed E-state index contributed by atoms with van der Waals surface area (Å²) >= 11 is 0. The molecule has 0 saturated carbocycles. The normalized spacial score (nSPS) is 16.6. The van der Waals surface area contributed by atoms with Gasteiger partial charge in [0.2, 0.25) is 0 Å². The van der Waals surface area contributed by atoms with E-state index in [4.69, 9.17) is 18.9 Å². The number of rotatable bonds is 5. The van der Waals surface area contributed by atoms with Crippen molar-refractivity contribution >= 4 is 17.3 Å². The van der Waals surface area contributed by atoms with Crippen LogP contribution in [0.15, 0.2) is 54.7 Å². The molecule has 8 heteroatoms. The molecule has 0 saturated heterocycles. The van der Waals surface area contributed by atoms with Crippen LogP contribution in [0.3, 0.4) is 0 Å². The number of fused-ring (bicyclic) bond motifs is 2. The molecule has 158 valence electrons. The van der Waals surface area contributed by atoms with E-state index in [1.807, 2.05) is 18.2 Å². The van der Waals surface area contributed by atoms with E-state index in [-0.39, 0.29) is 5.91 Å². The predicted molar refractivity (Wildman–Crippen MR) is 114 cm³/mol. The summed E-state index contributed by atoms with van der Waals surface area (Å²) in [5.74, 6) is 2.35. The number of hydrogen-bond donors (Lipinski definition) is 1. The molecule has 1 N–H and O–H groups in total. The van der Waals surface area contributed by atoms with Gasteiger partial charge in [0.1, 0.15) is 24.7 Å². The molecule has 0 aliphatic carbocycles. The summed E-state index contributed by atoms with van der Waals surface area (Å²) in [5, 5.41) is 3.43. The minimum atomic E-state index is -0.549. The molecular formula is C23H21N3O5. The zero-order valence-corrected chi connectivity index (χ0v) is 17.1. The minimum absolute atomic E-state index is 0.176. The van der Waals surface area contributed by atoms with Gasteiger partial charge in [0, 0.05) is 24.0 Å². The Morgan fingerprint density at radius 2 is 1.87 bits per heavy atom. The lowest BCUT2D eigenvalue weighted by molar-refractivity contribution is 0.0992. The van der Waals surface area contributed by atoms with E-state index in [1.165, 1.54) is 0 Å². The second kappa shape index (κ2) is 7.71. The molecule has 1 amide bonds. The van der Waals surface area contributed by atoms with Crippen molar-refractivity contribution in [3.8, 4) is 23.0 Å². The summed E-state index contributed by atoms with van der Waals surface area (Å²) in [7, 11) is 3.15. The van der Waals surface area contributed by atoms with Crippen molar-refractivity contribution in [2.45, 2.75) is 6.17 Å². The number of pyridine rings is 1. The number of benzene rings is 2. The third-order valence-corrected chi connectivity index (χ3v) is 5.30. The average Bonchev–Trinajstić information content (AvgIpc) is 3.10. The number of ether oxygens (including phenoxy) is 4. The van der Waals surface area contributed by atoms with Crippen LogP contribution in [-0.4, -0.2) is 38.3 Å². The van der Waals surface area contributed by atoms with Crippen LogP contribution in [0.2, 0.25) is 0 Å². The van der Waals surface area contributed by atoms with Gasteiger partial charge in [-0.2, -0.15) is 0 Å². The molecule has 2 aliphatic heterocycles. The lowest BCUT2D eigenvalue weighted by atomic mass is 10.2. The van der Waals surface area contributed by atoms with Gasteiger partial charge in [0.05, 0.1) is 31.2 Å². The number of anilines is 2. The second-order valence-electron chi connectivity index (χ2n) is 7.05. The fraction of sp³-hybridized carbons (Fsp3) is 0.217. The highest BCUT2D eigenvalue weighted by Crippen LogP contribution is 2.43. The Kier molecular flexibility index (Phi) is 4.74. The summed E-state index contributed by atoms with van der Waals surface area (Å²) < 4.78 is 22.2. The lowest BCUT2D eigenvalue weighted by Gasteiger charge is -2.28. The SMILES string of the molecule is COc1ccc(OC)c(N2C(=O)c3cccnc3[C@H]2Nc2ccc3c(c2)OCCO3)c1. The number of carbonyl (C=O) groups excluding carboxylic acids is 1.